The van der Waals surface area contributed by atoms with Crippen LogP contribution < -0.4 is 5.32 Å². The Morgan fingerprint density at radius 2 is 1.04 bits per heavy atom. The minimum absolute atomic E-state index is 0.0726. The molecule has 0 N–H and O–H groups in total. The molecule has 0 spiro atoms. The molecule has 153 valence electrons. The predicted molar refractivity (Wildman–Crippen MR) is 117 cm³/mol. The Kier molecular flexibility index (Phi) is 15.9. The van der Waals surface area contributed by atoms with E-state index in [2.05, 4.69) is 12.2 Å². The molecule has 1 radical (unpaired) electrons. The molecular weight excluding hydrogens is 330 g/mol. The molecule has 0 atom stereocenters. The first-order valence-electron chi connectivity index (χ1n) is 11.6. The van der Waals surface area contributed by atoms with E-state index in [1.54, 1.807) is 0 Å². The summed E-state index contributed by atoms with van der Waals surface area (Å²) in [5.41, 5.74) is 0.703. The largest absolute Gasteiger partial charge is 0.272 e. The number of carbonyl (C=O) groups is 1. The zero-order valence-corrected chi connectivity index (χ0v) is 17.8. The molecule has 1 aromatic carbocycles. The molecule has 0 aliphatic heterocycles. The molecular formula is C25H42NO. The molecule has 2 heteroatoms. The number of unbranched alkanes of at least 4 members (excludes halogenated alkanes) is 15. The summed E-state index contributed by atoms with van der Waals surface area (Å²) < 4.78 is 0. The van der Waals surface area contributed by atoms with Crippen LogP contribution in [0.2, 0.25) is 0 Å². The summed E-state index contributed by atoms with van der Waals surface area (Å²) in [5.74, 6) is -0.0726. The van der Waals surface area contributed by atoms with Crippen LogP contribution in [-0.2, 0) is 0 Å². The highest BCUT2D eigenvalue weighted by Gasteiger charge is 2.04. The van der Waals surface area contributed by atoms with Gasteiger partial charge in [0.2, 0.25) is 0 Å². The third-order valence-corrected chi connectivity index (χ3v) is 5.29. The molecule has 1 rings (SSSR count). The molecule has 0 fully saturated rings. The van der Waals surface area contributed by atoms with E-state index in [0.29, 0.717) is 12.1 Å². The molecule has 0 aromatic heterocycles. The van der Waals surface area contributed by atoms with Crippen molar-refractivity contribution in [2.45, 2.75) is 110 Å². The molecule has 2 nitrogen and oxygen atoms in total. The fourth-order valence-electron chi connectivity index (χ4n) is 3.51. The average Bonchev–Trinajstić information content (AvgIpc) is 2.70. The molecule has 27 heavy (non-hydrogen) atoms. The Morgan fingerprint density at radius 1 is 0.630 bits per heavy atom. The second-order valence-corrected chi connectivity index (χ2v) is 7.86. The van der Waals surface area contributed by atoms with E-state index in [9.17, 15) is 4.79 Å². The number of nitrogens with zero attached hydrogens (tertiary/aromatic N) is 1. The van der Waals surface area contributed by atoms with E-state index >= 15 is 0 Å². The van der Waals surface area contributed by atoms with E-state index in [0.717, 1.165) is 6.42 Å². The van der Waals surface area contributed by atoms with E-state index in [-0.39, 0.29) is 5.91 Å². The van der Waals surface area contributed by atoms with Gasteiger partial charge < -0.3 is 0 Å². The zero-order valence-electron chi connectivity index (χ0n) is 17.8. The first-order chi connectivity index (χ1) is 13.3. The maximum atomic E-state index is 11.8. The van der Waals surface area contributed by atoms with Gasteiger partial charge in [0.25, 0.3) is 5.91 Å². The summed E-state index contributed by atoms with van der Waals surface area (Å²) in [6, 6.07) is 9.36. The number of carbonyl (C=O) groups excluding carboxylic acids is 1. The fraction of sp³-hybridized carbons (Fsp3) is 0.720. The SMILES string of the molecule is CCCCCCCCCCCCCCCCCC[N]C(=O)c1ccccc1. The monoisotopic (exact) mass is 372 g/mol. The van der Waals surface area contributed by atoms with Crippen molar-refractivity contribution in [3.8, 4) is 0 Å². The number of hydrogen-bond donors (Lipinski definition) is 0. The highest BCUT2D eigenvalue weighted by atomic mass is 16.1. The van der Waals surface area contributed by atoms with Gasteiger partial charge >= 0.3 is 0 Å². The van der Waals surface area contributed by atoms with Crippen molar-refractivity contribution in [3.05, 3.63) is 35.9 Å². The van der Waals surface area contributed by atoms with Crippen LogP contribution in [0.1, 0.15) is 120 Å². The first kappa shape index (κ1) is 23.7. The third kappa shape index (κ3) is 14.4. The molecule has 1 aromatic rings. The van der Waals surface area contributed by atoms with Crippen molar-refractivity contribution in [1.82, 2.24) is 5.32 Å². The van der Waals surface area contributed by atoms with Crippen molar-refractivity contribution < 1.29 is 4.79 Å². The Balaban J connectivity index is 1.75. The molecule has 0 heterocycles. The van der Waals surface area contributed by atoms with Crippen LogP contribution in [0.15, 0.2) is 30.3 Å². The molecule has 0 saturated carbocycles. The molecule has 1 amide bonds. The van der Waals surface area contributed by atoms with Crippen LogP contribution in [-0.4, -0.2) is 12.5 Å². The smallest absolute Gasteiger partial charge is 0.267 e. The summed E-state index contributed by atoms with van der Waals surface area (Å²) in [7, 11) is 0. The van der Waals surface area contributed by atoms with Gasteiger partial charge in [0, 0.05) is 12.1 Å². The van der Waals surface area contributed by atoms with Gasteiger partial charge in [-0.1, -0.05) is 121 Å². The Hall–Kier alpha value is -1.31. The standard InChI is InChI=1S/C25H42NO/c1-2-3-4-5-6-7-8-9-10-11-12-13-14-15-16-20-23-26-25(27)24-21-18-17-19-22-24/h17-19,21-22H,2-16,20,23H2,1H3. The van der Waals surface area contributed by atoms with E-state index < -0.39 is 0 Å². The highest BCUT2D eigenvalue weighted by Crippen LogP contribution is 2.13. The van der Waals surface area contributed by atoms with E-state index in [1.165, 1.54) is 96.3 Å². The van der Waals surface area contributed by atoms with Crippen molar-refractivity contribution >= 4 is 5.91 Å². The molecule has 0 saturated heterocycles. The van der Waals surface area contributed by atoms with Gasteiger partial charge in [-0.3, -0.25) is 4.79 Å². The number of hydrogen-bond acceptors (Lipinski definition) is 1. The fourth-order valence-corrected chi connectivity index (χ4v) is 3.51. The van der Waals surface area contributed by atoms with Crippen LogP contribution in [0.5, 0.6) is 0 Å². The third-order valence-electron chi connectivity index (χ3n) is 5.29. The number of rotatable bonds is 18. The summed E-state index contributed by atoms with van der Waals surface area (Å²) in [6.07, 6.45) is 21.9. The summed E-state index contributed by atoms with van der Waals surface area (Å²) in [4.78, 5) is 11.8. The van der Waals surface area contributed by atoms with Gasteiger partial charge in [-0.05, 0) is 18.6 Å². The first-order valence-corrected chi connectivity index (χ1v) is 11.6. The van der Waals surface area contributed by atoms with Crippen molar-refractivity contribution in [2.75, 3.05) is 6.54 Å². The van der Waals surface area contributed by atoms with Gasteiger partial charge in [-0.25, -0.2) is 5.32 Å². The summed E-state index contributed by atoms with van der Waals surface area (Å²) >= 11 is 0. The van der Waals surface area contributed by atoms with Gasteiger partial charge in [-0.15, -0.1) is 0 Å². The van der Waals surface area contributed by atoms with Gasteiger partial charge in [0.05, 0.1) is 0 Å². The topological polar surface area (TPSA) is 31.2 Å². The van der Waals surface area contributed by atoms with Crippen molar-refractivity contribution in [1.29, 1.82) is 0 Å². The normalized spacial score (nSPS) is 10.9. The highest BCUT2D eigenvalue weighted by molar-refractivity contribution is 5.93. The molecule has 0 aliphatic carbocycles. The average molecular weight is 373 g/mol. The lowest BCUT2D eigenvalue weighted by molar-refractivity contribution is 0.0948. The zero-order chi connectivity index (χ0) is 19.4. The Morgan fingerprint density at radius 3 is 1.48 bits per heavy atom. The van der Waals surface area contributed by atoms with Gasteiger partial charge in [-0.2, -0.15) is 0 Å². The minimum atomic E-state index is -0.0726. The van der Waals surface area contributed by atoms with Crippen LogP contribution in [0.25, 0.3) is 0 Å². The number of amides is 1. The lowest BCUT2D eigenvalue weighted by Crippen LogP contribution is -2.16. The van der Waals surface area contributed by atoms with Gasteiger partial charge in [0.1, 0.15) is 0 Å². The predicted octanol–water partition coefficient (Wildman–Crippen LogP) is 7.69. The molecule has 0 aliphatic rings. The van der Waals surface area contributed by atoms with E-state index in [1.807, 2.05) is 30.3 Å². The quantitative estimate of drug-likeness (QED) is 0.243. The van der Waals surface area contributed by atoms with Crippen LogP contribution >= 0.6 is 0 Å². The molecule has 0 bridgehead atoms. The number of benzene rings is 1. The van der Waals surface area contributed by atoms with Crippen LogP contribution in [0.3, 0.4) is 0 Å². The lowest BCUT2D eigenvalue weighted by Gasteiger charge is -2.04. The van der Waals surface area contributed by atoms with Crippen LogP contribution in [0, 0.1) is 0 Å². The Labute approximate surface area is 168 Å². The van der Waals surface area contributed by atoms with Crippen molar-refractivity contribution in [3.63, 3.8) is 0 Å². The summed E-state index contributed by atoms with van der Waals surface area (Å²) in [6.45, 7) is 2.96. The Bertz CT molecular complexity index is 443. The maximum Gasteiger partial charge on any atom is 0.272 e. The second kappa shape index (κ2) is 18.1. The lowest BCUT2D eigenvalue weighted by atomic mass is 10.0. The van der Waals surface area contributed by atoms with Gasteiger partial charge in [0.15, 0.2) is 0 Å². The minimum Gasteiger partial charge on any atom is -0.267 e. The van der Waals surface area contributed by atoms with Crippen molar-refractivity contribution in [2.24, 2.45) is 0 Å². The molecule has 0 unspecified atom stereocenters. The van der Waals surface area contributed by atoms with E-state index in [4.69, 9.17) is 0 Å². The second-order valence-electron chi connectivity index (χ2n) is 7.86. The van der Waals surface area contributed by atoms with Crippen LogP contribution in [0.4, 0.5) is 0 Å². The maximum absolute atomic E-state index is 11.8. The summed E-state index contributed by atoms with van der Waals surface area (Å²) in [5, 5.41) is 4.16.